The van der Waals surface area contributed by atoms with Gasteiger partial charge in [-0.1, -0.05) is 12.1 Å². The highest BCUT2D eigenvalue weighted by atomic mass is 32.1. The van der Waals surface area contributed by atoms with E-state index in [0.717, 1.165) is 15.2 Å². The molecule has 2 N–H and O–H groups in total. The van der Waals surface area contributed by atoms with E-state index in [0.29, 0.717) is 0 Å². The fourth-order valence-electron chi connectivity index (χ4n) is 1.17. The lowest BCUT2D eigenvalue weighted by molar-refractivity contribution is -0.117. The number of para-hydroxylation sites is 1. The van der Waals surface area contributed by atoms with Gasteiger partial charge in [-0.3, -0.25) is 4.79 Å². The number of carbonyl (C=O) groups excluding carboxylic acids is 1. The smallest absolute Gasteiger partial charge is 0.218 e. The number of nitrogens with two attached hydrogens (primary N) is 1. The first kappa shape index (κ1) is 9.15. The monoisotopic (exact) mass is 205 g/mol. The molecule has 0 saturated carbocycles. The van der Waals surface area contributed by atoms with Gasteiger partial charge in [-0.2, -0.15) is 0 Å². The van der Waals surface area contributed by atoms with E-state index in [1.54, 1.807) is 17.8 Å². The standard InChI is InChI=1S/C10H9N2OS/c11-9(13)5-6-10-12-7-3-1-2-4-8(7)14-10/h1-4,6H,5H2,(H2,11,13). The van der Waals surface area contributed by atoms with E-state index in [1.807, 2.05) is 24.3 Å². The summed E-state index contributed by atoms with van der Waals surface area (Å²) in [5.41, 5.74) is 6.01. The Morgan fingerprint density at radius 2 is 2.29 bits per heavy atom. The quantitative estimate of drug-likeness (QED) is 0.829. The van der Waals surface area contributed by atoms with E-state index in [4.69, 9.17) is 5.73 Å². The zero-order chi connectivity index (χ0) is 9.97. The van der Waals surface area contributed by atoms with Crippen LogP contribution in [0.25, 0.3) is 10.2 Å². The highest BCUT2D eigenvalue weighted by molar-refractivity contribution is 7.18. The van der Waals surface area contributed by atoms with Gasteiger partial charge in [0.25, 0.3) is 0 Å². The Labute approximate surface area is 85.6 Å². The minimum absolute atomic E-state index is 0.250. The molecule has 1 amide bonds. The number of primary amides is 1. The van der Waals surface area contributed by atoms with Crippen LogP contribution in [0.1, 0.15) is 11.4 Å². The van der Waals surface area contributed by atoms with Crippen LogP contribution in [0.15, 0.2) is 24.3 Å². The lowest BCUT2D eigenvalue weighted by atomic mass is 10.3. The van der Waals surface area contributed by atoms with Gasteiger partial charge in [0.2, 0.25) is 5.91 Å². The SMILES string of the molecule is NC(=O)C[CH]c1nc2ccccc2s1. The molecule has 0 unspecified atom stereocenters. The Hall–Kier alpha value is -1.42. The van der Waals surface area contributed by atoms with Crippen LogP contribution < -0.4 is 5.73 Å². The number of carbonyl (C=O) groups is 1. The molecule has 71 valence electrons. The van der Waals surface area contributed by atoms with Crippen LogP contribution in [-0.2, 0) is 4.79 Å². The average molecular weight is 205 g/mol. The molecule has 0 spiro atoms. The summed E-state index contributed by atoms with van der Waals surface area (Å²) in [7, 11) is 0. The average Bonchev–Trinajstić information content (AvgIpc) is 2.57. The van der Waals surface area contributed by atoms with Crippen molar-refractivity contribution < 1.29 is 4.79 Å². The lowest BCUT2D eigenvalue weighted by Crippen LogP contribution is -2.10. The van der Waals surface area contributed by atoms with Gasteiger partial charge in [0.15, 0.2) is 0 Å². The van der Waals surface area contributed by atoms with Gasteiger partial charge < -0.3 is 5.73 Å². The lowest BCUT2D eigenvalue weighted by Gasteiger charge is -1.89. The number of benzene rings is 1. The highest BCUT2D eigenvalue weighted by Gasteiger charge is 2.04. The van der Waals surface area contributed by atoms with Crippen LogP contribution >= 0.6 is 11.3 Å². The molecule has 1 aromatic heterocycles. The summed E-state index contributed by atoms with van der Waals surface area (Å²) in [4.78, 5) is 14.9. The molecule has 0 aliphatic heterocycles. The molecular formula is C10H9N2OS. The van der Waals surface area contributed by atoms with Crippen molar-refractivity contribution in [1.82, 2.24) is 4.98 Å². The second kappa shape index (κ2) is 3.75. The van der Waals surface area contributed by atoms with Gasteiger partial charge in [-0.05, 0) is 12.1 Å². The van der Waals surface area contributed by atoms with Gasteiger partial charge >= 0.3 is 0 Å². The number of aromatic nitrogens is 1. The fraction of sp³-hybridized carbons (Fsp3) is 0.100. The molecule has 0 atom stereocenters. The first-order valence-electron chi connectivity index (χ1n) is 4.23. The summed E-state index contributed by atoms with van der Waals surface area (Å²) in [6.07, 6.45) is 2.01. The number of hydrogen-bond donors (Lipinski definition) is 1. The second-order valence-electron chi connectivity index (χ2n) is 2.89. The van der Waals surface area contributed by atoms with Gasteiger partial charge in [0.1, 0.15) is 0 Å². The van der Waals surface area contributed by atoms with Crippen LogP contribution in [0.2, 0.25) is 0 Å². The van der Waals surface area contributed by atoms with Gasteiger partial charge in [-0.25, -0.2) is 4.98 Å². The fourth-order valence-corrected chi connectivity index (χ4v) is 2.07. The van der Waals surface area contributed by atoms with Crippen molar-refractivity contribution >= 4 is 27.5 Å². The third kappa shape index (κ3) is 1.90. The van der Waals surface area contributed by atoms with Crippen molar-refractivity contribution in [3.8, 4) is 0 Å². The number of rotatable bonds is 3. The summed E-state index contributed by atoms with van der Waals surface area (Å²) >= 11 is 1.56. The van der Waals surface area contributed by atoms with Crippen LogP contribution in [-0.4, -0.2) is 10.9 Å². The van der Waals surface area contributed by atoms with E-state index < -0.39 is 0 Å². The summed E-state index contributed by atoms with van der Waals surface area (Å²) in [5.74, 6) is -0.329. The highest BCUT2D eigenvalue weighted by Crippen LogP contribution is 2.22. The minimum atomic E-state index is -0.329. The topological polar surface area (TPSA) is 56.0 Å². The molecule has 0 aliphatic rings. The summed E-state index contributed by atoms with van der Waals surface area (Å²) in [6.45, 7) is 0. The third-order valence-corrected chi connectivity index (χ3v) is 2.82. The van der Waals surface area contributed by atoms with E-state index in [2.05, 4.69) is 4.98 Å². The zero-order valence-corrected chi connectivity index (χ0v) is 8.25. The first-order chi connectivity index (χ1) is 6.75. The van der Waals surface area contributed by atoms with E-state index in [1.165, 1.54) is 0 Å². The van der Waals surface area contributed by atoms with Crippen LogP contribution in [0.4, 0.5) is 0 Å². The molecule has 3 nitrogen and oxygen atoms in total. The van der Waals surface area contributed by atoms with Gasteiger partial charge in [0, 0.05) is 12.8 Å². The van der Waals surface area contributed by atoms with Crippen LogP contribution in [0, 0.1) is 6.42 Å². The molecule has 1 aromatic carbocycles. The maximum atomic E-state index is 10.6. The molecule has 0 bridgehead atoms. The Bertz CT molecular complexity index is 431. The van der Waals surface area contributed by atoms with Crippen molar-refractivity contribution in [2.75, 3.05) is 0 Å². The molecule has 0 saturated heterocycles. The molecule has 0 aliphatic carbocycles. The van der Waals surface area contributed by atoms with E-state index in [-0.39, 0.29) is 12.3 Å². The van der Waals surface area contributed by atoms with Gasteiger partial charge in [-0.15, -0.1) is 11.3 Å². The first-order valence-corrected chi connectivity index (χ1v) is 5.04. The van der Waals surface area contributed by atoms with E-state index in [9.17, 15) is 4.79 Å². The molecule has 2 aromatic rings. The van der Waals surface area contributed by atoms with Crippen LogP contribution in [0.3, 0.4) is 0 Å². The second-order valence-corrected chi connectivity index (χ2v) is 3.96. The Balaban J connectivity index is 2.22. The zero-order valence-electron chi connectivity index (χ0n) is 7.43. The number of thiazole rings is 1. The van der Waals surface area contributed by atoms with Crippen molar-refractivity contribution in [2.24, 2.45) is 5.73 Å². The largest absolute Gasteiger partial charge is 0.370 e. The molecular weight excluding hydrogens is 196 g/mol. The van der Waals surface area contributed by atoms with Crippen molar-refractivity contribution in [2.45, 2.75) is 6.42 Å². The van der Waals surface area contributed by atoms with Crippen molar-refractivity contribution in [3.63, 3.8) is 0 Å². The molecule has 1 radical (unpaired) electrons. The Morgan fingerprint density at radius 3 is 3.00 bits per heavy atom. The number of fused-ring (bicyclic) bond motifs is 1. The molecule has 1 heterocycles. The minimum Gasteiger partial charge on any atom is -0.370 e. The summed E-state index contributed by atoms with van der Waals surface area (Å²) < 4.78 is 1.13. The number of hydrogen-bond acceptors (Lipinski definition) is 3. The van der Waals surface area contributed by atoms with Crippen molar-refractivity contribution in [1.29, 1.82) is 0 Å². The summed E-state index contributed by atoms with van der Waals surface area (Å²) in [6, 6.07) is 7.88. The third-order valence-electron chi connectivity index (χ3n) is 1.79. The molecule has 2 rings (SSSR count). The molecule has 14 heavy (non-hydrogen) atoms. The number of nitrogens with zero attached hydrogens (tertiary/aromatic N) is 1. The number of amides is 1. The predicted octanol–water partition coefficient (Wildman–Crippen LogP) is 1.72. The molecule has 4 heteroatoms. The maximum absolute atomic E-state index is 10.6. The van der Waals surface area contributed by atoms with Crippen LogP contribution in [0.5, 0.6) is 0 Å². The normalized spacial score (nSPS) is 10.6. The van der Waals surface area contributed by atoms with E-state index >= 15 is 0 Å². The maximum Gasteiger partial charge on any atom is 0.218 e. The molecule has 0 fully saturated rings. The predicted molar refractivity (Wildman–Crippen MR) is 56.8 cm³/mol. The van der Waals surface area contributed by atoms with Crippen molar-refractivity contribution in [3.05, 3.63) is 35.7 Å². The summed E-state index contributed by atoms with van der Waals surface area (Å²) in [5, 5.41) is 0.852. The Morgan fingerprint density at radius 1 is 1.50 bits per heavy atom. The Kier molecular flexibility index (Phi) is 2.45. The van der Waals surface area contributed by atoms with Gasteiger partial charge in [0.05, 0.1) is 15.2 Å².